The zero-order valence-corrected chi connectivity index (χ0v) is 10.5. The van der Waals surface area contributed by atoms with Gasteiger partial charge in [0, 0.05) is 12.6 Å². The Morgan fingerprint density at radius 3 is 2.31 bits per heavy atom. The van der Waals surface area contributed by atoms with Crippen molar-refractivity contribution in [3.05, 3.63) is 11.5 Å². The van der Waals surface area contributed by atoms with Gasteiger partial charge in [0.05, 0.1) is 5.41 Å². The molecule has 0 saturated carbocycles. The second-order valence-corrected chi connectivity index (χ2v) is 5.77. The van der Waals surface area contributed by atoms with Gasteiger partial charge in [0.1, 0.15) is 0 Å². The predicted molar refractivity (Wildman–Crippen MR) is 63.1 cm³/mol. The molecule has 0 aromatic carbocycles. The number of unbranched alkanes of at least 4 members (excludes halogenated alkanes) is 5. The molecule has 1 aliphatic heterocycles. The van der Waals surface area contributed by atoms with Crippen LogP contribution in [0.2, 0.25) is 0 Å². The zero-order valence-electron chi connectivity index (χ0n) is 9.68. The van der Waals surface area contributed by atoms with Crippen molar-refractivity contribution in [2.45, 2.75) is 45.4 Å². The van der Waals surface area contributed by atoms with E-state index in [9.17, 15) is 13.2 Å². The topological polar surface area (TPSA) is 54.5 Å². The number of carbonyl (C=O) groups is 1. The van der Waals surface area contributed by atoms with Gasteiger partial charge >= 0.3 is 0 Å². The van der Waals surface area contributed by atoms with Crippen molar-refractivity contribution < 1.29 is 13.2 Å². The van der Waals surface area contributed by atoms with Gasteiger partial charge in [-0.1, -0.05) is 39.0 Å². The molecule has 4 nitrogen and oxygen atoms in total. The van der Waals surface area contributed by atoms with Gasteiger partial charge in [0.15, 0.2) is 0 Å². The van der Waals surface area contributed by atoms with Crippen LogP contribution in [0.15, 0.2) is 11.5 Å². The highest BCUT2D eigenvalue weighted by Gasteiger charge is 2.28. The molecule has 0 aromatic rings. The molecule has 0 spiro atoms. The fraction of sp³-hybridized carbons (Fsp3) is 0.727. The Hall–Kier alpha value is -0.840. The van der Waals surface area contributed by atoms with Crippen LogP contribution in [0.3, 0.4) is 0 Å². The lowest BCUT2D eigenvalue weighted by atomic mass is 10.1. The second-order valence-electron chi connectivity index (χ2n) is 4.03. The maximum Gasteiger partial charge on any atom is 0.261 e. The van der Waals surface area contributed by atoms with E-state index in [0.717, 1.165) is 35.1 Å². The van der Waals surface area contributed by atoms with Crippen molar-refractivity contribution in [2.75, 3.05) is 6.54 Å². The van der Waals surface area contributed by atoms with Gasteiger partial charge < -0.3 is 0 Å². The van der Waals surface area contributed by atoms with Gasteiger partial charge in [-0.2, -0.15) is 0 Å². The van der Waals surface area contributed by atoms with E-state index in [2.05, 4.69) is 6.92 Å². The van der Waals surface area contributed by atoms with Crippen LogP contribution in [0.25, 0.3) is 0 Å². The second kappa shape index (κ2) is 6.03. The normalized spacial score (nSPS) is 18.3. The van der Waals surface area contributed by atoms with Crippen molar-refractivity contribution in [3.8, 4) is 0 Å². The summed E-state index contributed by atoms with van der Waals surface area (Å²) in [5, 5.41) is 0.979. The van der Waals surface area contributed by atoms with Crippen molar-refractivity contribution in [1.29, 1.82) is 0 Å². The molecule has 0 aliphatic carbocycles. The molecule has 5 heteroatoms. The van der Waals surface area contributed by atoms with E-state index >= 15 is 0 Å². The van der Waals surface area contributed by atoms with Gasteiger partial charge in [-0.05, 0) is 6.42 Å². The average Bonchev–Trinajstić information content (AvgIpc) is 2.49. The molecule has 0 atom stereocenters. The molecule has 16 heavy (non-hydrogen) atoms. The van der Waals surface area contributed by atoms with Crippen molar-refractivity contribution >= 4 is 15.9 Å². The molecule has 1 aliphatic rings. The fourth-order valence-corrected chi connectivity index (χ4v) is 2.83. The molecule has 1 amide bonds. The Bertz CT molecular complexity index is 359. The predicted octanol–water partition coefficient (Wildman–Crippen LogP) is 2.03. The Morgan fingerprint density at radius 1 is 1.12 bits per heavy atom. The highest BCUT2D eigenvalue weighted by Crippen LogP contribution is 2.14. The molecule has 0 radical (unpaired) electrons. The van der Waals surface area contributed by atoms with Crippen LogP contribution in [0.5, 0.6) is 0 Å². The van der Waals surface area contributed by atoms with E-state index < -0.39 is 15.9 Å². The molecule has 0 N–H and O–H groups in total. The first-order chi connectivity index (χ1) is 7.58. The van der Waals surface area contributed by atoms with E-state index in [1.165, 1.54) is 19.3 Å². The van der Waals surface area contributed by atoms with Crippen LogP contribution in [-0.2, 0) is 14.8 Å². The van der Waals surface area contributed by atoms with Crippen LogP contribution in [-0.4, -0.2) is 25.2 Å². The molecule has 0 fully saturated rings. The van der Waals surface area contributed by atoms with E-state index in [-0.39, 0.29) is 0 Å². The molecular formula is C11H19NO3S. The van der Waals surface area contributed by atoms with Gasteiger partial charge in [-0.25, -0.2) is 12.7 Å². The summed E-state index contributed by atoms with van der Waals surface area (Å²) in [6, 6.07) is 0. The lowest BCUT2D eigenvalue weighted by Crippen LogP contribution is -2.30. The minimum absolute atomic E-state index is 0.320. The summed E-state index contributed by atoms with van der Waals surface area (Å²) >= 11 is 0. The first kappa shape index (κ1) is 13.2. The van der Waals surface area contributed by atoms with E-state index in [1.807, 2.05) is 0 Å². The smallest absolute Gasteiger partial charge is 0.261 e. The molecule has 0 unspecified atom stereocenters. The molecule has 92 valence electrons. The SMILES string of the molecule is CCCCCCCCN1C(=O)C=CS1(=O)=O. The summed E-state index contributed by atoms with van der Waals surface area (Å²) in [6.45, 7) is 2.47. The standard InChI is InChI=1S/C11H19NO3S/c1-2-3-4-5-6-7-9-12-11(13)8-10-16(12,14)15/h8,10H,2-7,9H2,1H3. The third-order valence-electron chi connectivity index (χ3n) is 2.65. The fourth-order valence-electron chi connectivity index (χ4n) is 1.70. The number of hydrogen-bond donors (Lipinski definition) is 0. The van der Waals surface area contributed by atoms with E-state index in [4.69, 9.17) is 0 Å². The number of sulfonamides is 1. The highest BCUT2D eigenvalue weighted by molar-refractivity contribution is 7.93. The van der Waals surface area contributed by atoms with Crippen LogP contribution in [0.1, 0.15) is 45.4 Å². The van der Waals surface area contributed by atoms with Gasteiger partial charge in [-0.3, -0.25) is 4.79 Å². The third-order valence-corrected chi connectivity index (χ3v) is 4.11. The first-order valence-electron chi connectivity index (χ1n) is 5.82. The number of hydrogen-bond acceptors (Lipinski definition) is 3. The van der Waals surface area contributed by atoms with Crippen molar-refractivity contribution in [1.82, 2.24) is 4.31 Å². The van der Waals surface area contributed by atoms with Gasteiger partial charge in [0.25, 0.3) is 15.9 Å². The van der Waals surface area contributed by atoms with Crippen LogP contribution in [0, 0.1) is 0 Å². The lowest BCUT2D eigenvalue weighted by molar-refractivity contribution is -0.121. The average molecular weight is 245 g/mol. The quantitative estimate of drug-likeness (QED) is 0.645. The van der Waals surface area contributed by atoms with Crippen LogP contribution in [0.4, 0.5) is 0 Å². The molecular weight excluding hydrogens is 226 g/mol. The number of amides is 1. The third kappa shape index (κ3) is 3.63. The summed E-state index contributed by atoms with van der Waals surface area (Å²) in [7, 11) is -3.43. The summed E-state index contributed by atoms with van der Waals surface area (Å²) in [5.41, 5.74) is 0. The molecule has 0 aromatic heterocycles. The summed E-state index contributed by atoms with van der Waals surface area (Å²) in [4.78, 5) is 11.2. The minimum Gasteiger partial charge on any atom is -0.269 e. The van der Waals surface area contributed by atoms with E-state index in [1.54, 1.807) is 0 Å². The summed E-state index contributed by atoms with van der Waals surface area (Å²) in [5.74, 6) is -0.409. The van der Waals surface area contributed by atoms with Crippen molar-refractivity contribution in [2.24, 2.45) is 0 Å². The molecule has 1 rings (SSSR count). The van der Waals surface area contributed by atoms with E-state index in [0.29, 0.717) is 6.54 Å². The Balaban J connectivity index is 2.21. The molecule has 0 saturated heterocycles. The largest absolute Gasteiger partial charge is 0.269 e. The van der Waals surface area contributed by atoms with Crippen LogP contribution >= 0.6 is 0 Å². The lowest BCUT2D eigenvalue weighted by Gasteiger charge is -2.14. The number of carbonyl (C=O) groups excluding carboxylic acids is 1. The monoisotopic (exact) mass is 245 g/mol. The first-order valence-corrected chi connectivity index (χ1v) is 7.33. The number of rotatable bonds is 7. The summed E-state index contributed by atoms with van der Waals surface area (Å²) < 4.78 is 23.7. The Morgan fingerprint density at radius 2 is 1.75 bits per heavy atom. The van der Waals surface area contributed by atoms with Crippen molar-refractivity contribution in [3.63, 3.8) is 0 Å². The van der Waals surface area contributed by atoms with Crippen LogP contribution < -0.4 is 0 Å². The molecule has 1 heterocycles. The Labute approximate surface area is 97.4 Å². The Kier molecular flexibility index (Phi) is 4.99. The van der Waals surface area contributed by atoms with Gasteiger partial charge in [-0.15, -0.1) is 0 Å². The maximum atomic E-state index is 11.4. The maximum absolute atomic E-state index is 11.4. The number of nitrogens with zero attached hydrogens (tertiary/aromatic N) is 1. The minimum atomic E-state index is -3.43. The summed E-state index contributed by atoms with van der Waals surface area (Å²) in [6.07, 6.45) is 7.59. The highest BCUT2D eigenvalue weighted by atomic mass is 32.2. The molecule has 0 bridgehead atoms. The van der Waals surface area contributed by atoms with Gasteiger partial charge in [0.2, 0.25) is 0 Å². The zero-order chi connectivity index (χ0) is 12.0.